The molecule has 0 spiro atoms. The van der Waals surface area contributed by atoms with Gasteiger partial charge >= 0.3 is 0 Å². The Kier molecular flexibility index (Phi) is 4.37. The van der Waals surface area contributed by atoms with Crippen LogP contribution in [0.15, 0.2) is 46.8 Å². The molecule has 0 aliphatic carbocycles. The van der Waals surface area contributed by atoms with E-state index in [1.807, 2.05) is 48.0 Å². The molecule has 1 nitrogen and oxygen atoms in total. The average molecular weight is 260 g/mol. The van der Waals surface area contributed by atoms with Crippen molar-refractivity contribution in [1.82, 2.24) is 0 Å². The quantitative estimate of drug-likeness (QED) is 0.573. The maximum Gasteiger partial charge on any atom is 0.100 e. The summed E-state index contributed by atoms with van der Waals surface area (Å²) in [4.78, 5) is 4.24. The van der Waals surface area contributed by atoms with E-state index in [1.54, 1.807) is 0 Å². The molecular formula is C14H10ClNS. The minimum Gasteiger partial charge on any atom is -0.280 e. The lowest BCUT2D eigenvalue weighted by molar-refractivity contribution is 1.30. The smallest absolute Gasteiger partial charge is 0.100 e. The van der Waals surface area contributed by atoms with E-state index in [4.69, 9.17) is 11.6 Å². The summed E-state index contributed by atoms with van der Waals surface area (Å²) in [5.41, 5.74) is 2.04. The van der Waals surface area contributed by atoms with E-state index in [1.165, 1.54) is 11.3 Å². The van der Waals surface area contributed by atoms with Gasteiger partial charge in [-0.15, -0.1) is 11.3 Å². The zero-order valence-corrected chi connectivity index (χ0v) is 10.6. The van der Waals surface area contributed by atoms with Crippen LogP contribution in [0.3, 0.4) is 0 Å². The lowest BCUT2D eigenvalue weighted by Crippen LogP contribution is -1.81. The average Bonchev–Trinajstić information content (AvgIpc) is 2.76. The first-order valence-electron chi connectivity index (χ1n) is 5.12. The van der Waals surface area contributed by atoms with E-state index in [9.17, 15) is 0 Å². The van der Waals surface area contributed by atoms with Crippen LogP contribution in [0.2, 0.25) is 4.34 Å². The van der Waals surface area contributed by atoms with Crippen molar-refractivity contribution in [2.45, 2.75) is 0 Å². The maximum atomic E-state index is 5.80. The van der Waals surface area contributed by atoms with Crippen molar-refractivity contribution in [3.05, 3.63) is 57.2 Å². The van der Waals surface area contributed by atoms with Gasteiger partial charge in [0.1, 0.15) is 6.54 Å². The third kappa shape index (κ3) is 4.07. The van der Waals surface area contributed by atoms with Crippen molar-refractivity contribution in [2.24, 2.45) is 4.99 Å². The number of hydrogen-bond donors (Lipinski definition) is 0. The Morgan fingerprint density at radius 1 is 1.29 bits per heavy atom. The van der Waals surface area contributed by atoms with E-state index in [0.29, 0.717) is 6.54 Å². The molecule has 0 saturated heterocycles. The molecule has 84 valence electrons. The molecule has 0 atom stereocenters. The van der Waals surface area contributed by atoms with Gasteiger partial charge in [0, 0.05) is 17.2 Å². The van der Waals surface area contributed by atoms with Crippen molar-refractivity contribution >= 4 is 29.2 Å². The lowest BCUT2D eigenvalue weighted by atomic mass is 10.2. The molecule has 2 rings (SSSR count). The summed E-state index contributed by atoms with van der Waals surface area (Å²) >= 11 is 7.29. The second kappa shape index (κ2) is 6.24. The Morgan fingerprint density at radius 2 is 2.12 bits per heavy atom. The molecule has 0 saturated carbocycles. The summed E-state index contributed by atoms with van der Waals surface area (Å²) in [7, 11) is 0. The van der Waals surface area contributed by atoms with Crippen LogP contribution < -0.4 is 0 Å². The normalized spacial score (nSPS) is 10.2. The van der Waals surface area contributed by atoms with Gasteiger partial charge < -0.3 is 0 Å². The predicted molar refractivity (Wildman–Crippen MR) is 75.1 cm³/mol. The minimum absolute atomic E-state index is 0.502. The van der Waals surface area contributed by atoms with E-state index >= 15 is 0 Å². The molecule has 0 radical (unpaired) electrons. The zero-order chi connectivity index (χ0) is 11.9. The standard InChI is InChI=1S/C14H10ClNS/c15-14-9-13(11-17-14)7-4-8-16-10-12-5-2-1-3-6-12/h1-3,5-6,9-11H,8H2. The van der Waals surface area contributed by atoms with Crippen molar-refractivity contribution in [3.8, 4) is 11.8 Å². The van der Waals surface area contributed by atoms with Gasteiger partial charge in [-0.2, -0.15) is 0 Å². The summed E-state index contributed by atoms with van der Waals surface area (Å²) in [6.45, 7) is 0.502. The van der Waals surface area contributed by atoms with E-state index < -0.39 is 0 Å². The molecule has 1 aromatic heterocycles. The first kappa shape index (κ1) is 11.9. The number of benzene rings is 1. The van der Waals surface area contributed by atoms with Crippen LogP contribution in [0, 0.1) is 11.8 Å². The topological polar surface area (TPSA) is 12.4 Å². The largest absolute Gasteiger partial charge is 0.280 e. The molecule has 0 N–H and O–H groups in total. The number of halogens is 1. The molecule has 0 fully saturated rings. The molecule has 17 heavy (non-hydrogen) atoms. The molecule has 1 aromatic carbocycles. The van der Waals surface area contributed by atoms with Gasteiger partial charge in [0.05, 0.1) is 4.34 Å². The highest BCUT2D eigenvalue weighted by atomic mass is 35.5. The van der Waals surface area contributed by atoms with Crippen LogP contribution in [-0.4, -0.2) is 12.8 Å². The molecule has 2 aromatic rings. The summed E-state index contributed by atoms with van der Waals surface area (Å²) in [6, 6.07) is 11.8. The SMILES string of the molecule is Clc1cc(C#CCN=Cc2ccccc2)cs1. The van der Waals surface area contributed by atoms with Crippen LogP contribution in [-0.2, 0) is 0 Å². The Bertz CT molecular complexity index is 561. The third-order valence-corrected chi connectivity index (χ3v) is 3.10. The predicted octanol–water partition coefficient (Wildman–Crippen LogP) is 3.87. The Balaban J connectivity index is 1.88. The highest BCUT2D eigenvalue weighted by molar-refractivity contribution is 7.14. The van der Waals surface area contributed by atoms with Gasteiger partial charge in [0.15, 0.2) is 0 Å². The molecule has 0 aliphatic heterocycles. The summed E-state index contributed by atoms with van der Waals surface area (Å²) in [6.07, 6.45) is 1.83. The highest BCUT2D eigenvalue weighted by Crippen LogP contribution is 2.18. The van der Waals surface area contributed by atoms with Crippen LogP contribution in [0.1, 0.15) is 11.1 Å². The third-order valence-electron chi connectivity index (χ3n) is 2.01. The second-order valence-corrected chi connectivity index (χ2v) is 4.86. The number of hydrogen-bond acceptors (Lipinski definition) is 2. The van der Waals surface area contributed by atoms with Crippen LogP contribution >= 0.6 is 22.9 Å². The Labute approximate surface area is 110 Å². The molecule has 0 unspecified atom stereocenters. The monoisotopic (exact) mass is 259 g/mol. The molecule has 0 aliphatic rings. The highest BCUT2D eigenvalue weighted by Gasteiger charge is 1.91. The van der Waals surface area contributed by atoms with Crippen molar-refractivity contribution < 1.29 is 0 Å². The minimum atomic E-state index is 0.502. The fourth-order valence-corrected chi connectivity index (χ4v) is 2.07. The van der Waals surface area contributed by atoms with Crippen molar-refractivity contribution in [1.29, 1.82) is 0 Å². The van der Waals surface area contributed by atoms with Gasteiger partial charge in [-0.1, -0.05) is 53.8 Å². The fraction of sp³-hybridized carbons (Fsp3) is 0.0714. The van der Waals surface area contributed by atoms with Gasteiger partial charge in [-0.05, 0) is 11.6 Å². The number of nitrogens with zero attached hydrogens (tertiary/aromatic N) is 1. The first-order chi connectivity index (χ1) is 8.34. The molecule has 0 amide bonds. The van der Waals surface area contributed by atoms with E-state index in [-0.39, 0.29) is 0 Å². The molecule has 0 bridgehead atoms. The van der Waals surface area contributed by atoms with Crippen LogP contribution in [0.4, 0.5) is 0 Å². The molecular weight excluding hydrogens is 250 g/mol. The molecule has 3 heteroatoms. The van der Waals surface area contributed by atoms with Crippen LogP contribution in [0.25, 0.3) is 0 Å². The number of rotatable bonds is 2. The lowest BCUT2D eigenvalue weighted by Gasteiger charge is -1.88. The first-order valence-corrected chi connectivity index (χ1v) is 6.38. The van der Waals surface area contributed by atoms with E-state index in [0.717, 1.165) is 15.5 Å². The van der Waals surface area contributed by atoms with Gasteiger partial charge in [0.2, 0.25) is 0 Å². The van der Waals surface area contributed by atoms with Gasteiger partial charge in [-0.25, -0.2) is 0 Å². The van der Waals surface area contributed by atoms with Crippen molar-refractivity contribution in [2.75, 3.05) is 6.54 Å². The Hall–Kier alpha value is -1.56. The zero-order valence-electron chi connectivity index (χ0n) is 9.06. The maximum absolute atomic E-state index is 5.80. The van der Waals surface area contributed by atoms with E-state index in [2.05, 4.69) is 16.8 Å². The van der Waals surface area contributed by atoms with Gasteiger partial charge in [0.25, 0.3) is 0 Å². The number of aliphatic imine (C=N–C) groups is 1. The fourth-order valence-electron chi connectivity index (χ4n) is 1.25. The van der Waals surface area contributed by atoms with Crippen LogP contribution in [0.5, 0.6) is 0 Å². The van der Waals surface area contributed by atoms with Gasteiger partial charge in [-0.3, -0.25) is 4.99 Å². The second-order valence-electron chi connectivity index (χ2n) is 3.32. The molecule has 1 heterocycles. The summed E-state index contributed by atoms with van der Waals surface area (Å²) in [5.74, 6) is 6.00. The van der Waals surface area contributed by atoms with Crippen molar-refractivity contribution in [3.63, 3.8) is 0 Å². The summed E-state index contributed by atoms with van der Waals surface area (Å²) in [5, 5.41) is 1.94. The number of thiophene rings is 1. The summed E-state index contributed by atoms with van der Waals surface area (Å²) < 4.78 is 0.766. The Morgan fingerprint density at radius 3 is 2.82 bits per heavy atom.